The van der Waals surface area contributed by atoms with E-state index in [1.54, 1.807) is 33.7 Å². The number of fused-ring (bicyclic) bond motifs is 1. The summed E-state index contributed by atoms with van der Waals surface area (Å²) in [5.74, 6) is 1.53. The maximum atomic E-state index is 14.2. The second kappa shape index (κ2) is 8.35. The molecule has 0 spiro atoms. The Bertz CT molecular complexity index is 1080. The maximum Gasteiger partial charge on any atom is 0.267 e. The van der Waals surface area contributed by atoms with Crippen LogP contribution >= 0.6 is 0 Å². The summed E-state index contributed by atoms with van der Waals surface area (Å²) in [6.07, 6.45) is 0.886. The monoisotopic (exact) mass is 423 g/mol. The van der Waals surface area contributed by atoms with Crippen LogP contribution in [-0.4, -0.2) is 69.4 Å². The molecule has 31 heavy (non-hydrogen) atoms. The molecular weight excluding hydrogens is 401 g/mol. The lowest BCUT2D eigenvalue weighted by Gasteiger charge is -2.37. The van der Waals surface area contributed by atoms with Crippen LogP contribution in [0.25, 0.3) is 5.69 Å². The summed E-state index contributed by atoms with van der Waals surface area (Å²) in [6, 6.07) is 13.9. The minimum absolute atomic E-state index is 0.0660. The number of para-hydroxylation sites is 3. The molecule has 2 aliphatic rings. The molecule has 1 saturated heterocycles. The van der Waals surface area contributed by atoms with E-state index < -0.39 is 6.10 Å². The van der Waals surface area contributed by atoms with Gasteiger partial charge in [0.1, 0.15) is 18.8 Å². The van der Waals surface area contributed by atoms with Crippen molar-refractivity contribution in [2.45, 2.75) is 12.6 Å². The van der Waals surface area contributed by atoms with E-state index in [-0.39, 0.29) is 18.3 Å². The number of amides is 1. The van der Waals surface area contributed by atoms with Crippen molar-refractivity contribution in [3.63, 3.8) is 0 Å². The van der Waals surface area contributed by atoms with Gasteiger partial charge in [-0.2, -0.15) is 0 Å². The molecule has 0 radical (unpaired) electrons. The molecule has 9 heteroatoms. The Hall–Kier alpha value is -3.46. The quantitative estimate of drug-likeness (QED) is 0.638. The fraction of sp³-hybridized carbons (Fsp3) is 0.318. The highest BCUT2D eigenvalue weighted by atomic mass is 19.1. The van der Waals surface area contributed by atoms with Crippen LogP contribution in [0, 0.1) is 5.82 Å². The molecule has 1 aromatic heterocycles. The van der Waals surface area contributed by atoms with E-state index in [1.807, 2.05) is 18.2 Å². The Balaban J connectivity index is 1.19. The molecule has 1 fully saturated rings. The maximum absolute atomic E-state index is 14.2. The van der Waals surface area contributed by atoms with Crippen LogP contribution in [0.15, 0.2) is 54.9 Å². The first kappa shape index (κ1) is 19.5. The molecule has 160 valence electrons. The molecular formula is C22H22FN5O3. The van der Waals surface area contributed by atoms with E-state index in [9.17, 15) is 9.18 Å². The van der Waals surface area contributed by atoms with Gasteiger partial charge in [-0.05, 0) is 24.3 Å². The van der Waals surface area contributed by atoms with E-state index >= 15 is 0 Å². The zero-order valence-corrected chi connectivity index (χ0v) is 16.9. The van der Waals surface area contributed by atoms with Crippen molar-refractivity contribution in [3.05, 3.63) is 66.5 Å². The highest BCUT2D eigenvalue weighted by molar-refractivity contribution is 5.82. The predicted octanol–water partition coefficient (Wildman–Crippen LogP) is 1.89. The standard InChI is InChI=1S/C22H22FN5O3/c23-16-5-1-2-6-17(16)28-15-24-25-21(28)13-26-9-11-27(12-10-26)22(29)20-14-30-18-7-3-4-8-19(18)31-20/h1-8,15,20H,9-14H2. The summed E-state index contributed by atoms with van der Waals surface area (Å²) in [5, 5.41) is 8.12. The molecule has 3 aromatic rings. The molecule has 1 amide bonds. The van der Waals surface area contributed by atoms with Gasteiger partial charge < -0.3 is 14.4 Å². The van der Waals surface area contributed by atoms with Crippen LogP contribution in [0.5, 0.6) is 11.5 Å². The molecule has 0 bridgehead atoms. The van der Waals surface area contributed by atoms with E-state index in [0.29, 0.717) is 55.7 Å². The number of carbonyl (C=O) groups is 1. The molecule has 1 atom stereocenters. The zero-order valence-electron chi connectivity index (χ0n) is 16.9. The number of rotatable bonds is 4. The third-order valence-corrected chi connectivity index (χ3v) is 5.56. The number of carbonyl (C=O) groups excluding carboxylic acids is 1. The van der Waals surface area contributed by atoms with Crippen molar-refractivity contribution < 1.29 is 18.7 Å². The first-order chi connectivity index (χ1) is 15.2. The Labute approximate surface area is 178 Å². The van der Waals surface area contributed by atoms with Crippen molar-refractivity contribution in [2.75, 3.05) is 32.8 Å². The van der Waals surface area contributed by atoms with Gasteiger partial charge in [-0.15, -0.1) is 10.2 Å². The Morgan fingerprint density at radius 3 is 2.58 bits per heavy atom. The van der Waals surface area contributed by atoms with Crippen molar-refractivity contribution in [2.24, 2.45) is 0 Å². The largest absolute Gasteiger partial charge is 0.485 e. The van der Waals surface area contributed by atoms with Gasteiger partial charge in [-0.3, -0.25) is 14.3 Å². The topological polar surface area (TPSA) is 72.7 Å². The molecule has 2 aliphatic heterocycles. The van der Waals surface area contributed by atoms with Gasteiger partial charge in [0.05, 0.1) is 12.2 Å². The van der Waals surface area contributed by atoms with Crippen LogP contribution in [0.3, 0.4) is 0 Å². The second-order valence-corrected chi connectivity index (χ2v) is 7.53. The average Bonchev–Trinajstić information content (AvgIpc) is 3.27. The van der Waals surface area contributed by atoms with Gasteiger partial charge >= 0.3 is 0 Å². The van der Waals surface area contributed by atoms with E-state index in [0.717, 1.165) is 0 Å². The van der Waals surface area contributed by atoms with Crippen molar-refractivity contribution in [1.82, 2.24) is 24.6 Å². The van der Waals surface area contributed by atoms with Crippen molar-refractivity contribution in [3.8, 4) is 17.2 Å². The lowest BCUT2D eigenvalue weighted by molar-refractivity contribution is -0.143. The van der Waals surface area contributed by atoms with Gasteiger partial charge in [-0.1, -0.05) is 24.3 Å². The molecule has 0 aliphatic carbocycles. The van der Waals surface area contributed by atoms with Gasteiger partial charge in [-0.25, -0.2) is 4.39 Å². The van der Waals surface area contributed by atoms with Gasteiger partial charge in [0.15, 0.2) is 17.3 Å². The number of halogens is 1. The van der Waals surface area contributed by atoms with Crippen molar-refractivity contribution >= 4 is 5.91 Å². The number of hydrogen-bond acceptors (Lipinski definition) is 6. The molecule has 0 N–H and O–H groups in total. The van der Waals surface area contributed by atoms with Crippen molar-refractivity contribution in [1.29, 1.82) is 0 Å². The number of benzene rings is 2. The smallest absolute Gasteiger partial charge is 0.267 e. The summed E-state index contributed by atoms with van der Waals surface area (Å²) in [5.41, 5.74) is 0.422. The minimum Gasteiger partial charge on any atom is -0.485 e. The predicted molar refractivity (Wildman–Crippen MR) is 110 cm³/mol. The van der Waals surface area contributed by atoms with Crippen LogP contribution in [-0.2, 0) is 11.3 Å². The molecule has 1 unspecified atom stereocenters. The lowest BCUT2D eigenvalue weighted by Crippen LogP contribution is -2.53. The summed E-state index contributed by atoms with van der Waals surface area (Å²) < 4.78 is 27.3. The van der Waals surface area contributed by atoms with E-state index in [4.69, 9.17) is 9.47 Å². The number of hydrogen-bond donors (Lipinski definition) is 0. The molecule has 2 aromatic carbocycles. The van der Waals surface area contributed by atoms with Crippen LogP contribution in [0.1, 0.15) is 5.82 Å². The SMILES string of the molecule is O=C(C1COc2ccccc2O1)N1CCN(Cc2nncn2-c2ccccc2F)CC1. The average molecular weight is 423 g/mol. The summed E-state index contributed by atoms with van der Waals surface area (Å²) >= 11 is 0. The Kier molecular flexibility index (Phi) is 5.25. The number of piperazine rings is 1. The highest BCUT2D eigenvalue weighted by Gasteiger charge is 2.32. The number of aromatic nitrogens is 3. The normalized spacial score (nSPS) is 18.7. The lowest BCUT2D eigenvalue weighted by atomic mass is 10.2. The van der Waals surface area contributed by atoms with Gasteiger partial charge in [0.2, 0.25) is 6.10 Å². The number of nitrogens with zero attached hydrogens (tertiary/aromatic N) is 5. The Morgan fingerprint density at radius 1 is 1.03 bits per heavy atom. The van der Waals surface area contributed by atoms with Crippen LogP contribution in [0.4, 0.5) is 4.39 Å². The van der Waals surface area contributed by atoms with Crippen LogP contribution < -0.4 is 9.47 Å². The number of ether oxygens (including phenoxy) is 2. The van der Waals surface area contributed by atoms with Crippen LogP contribution in [0.2, 0.25) is 0 Å². The first-order valence-corrected chi connectivity index (χ1v) is 10.2. The zero-order chi connectivity index (χ0) is 21.2. The van der Waals surface area contributed by atoms with Gasteiger partial charge in [0.25, 0.3) is 5.91 Å². The fourth-order valence-corrected chi connectivity index (χ4v) is 3.89. The van der Waals surface area contributed by atoms with Gasteiger partial charge in [0, 0.05) is 26.2 Å². The third kappa shape index (κ3) is 3.96. The van der Waals surface area contributed by atoms with E-state index in [2.05, 4.69) is 15.1 Å². The Morgan fingerprint density at radius 2 is 1.77 bits per heavy atom. The minimum atomic E-state index is -0.634. The highest BCUT2D eigenvalue weighted by Crippen LogP contribution is 2.31. The summed E-state index contributed by atoms with van der Waals surface area (Å²) in [7, 11) is 0. The second-order valence-electron chi connectivity index (χ2n) is 7.53. The molecule has 5 rings (SSSR count). The first-order valence-electron chi connectivity index (χ1n) is 10.2. The molecule has 0 saturated carbocycles. The fourth-order valence-electron chi connectivity index (χ4n) is 3.89. The molecule has 8 nitrogen and oxygen atoms in total. The third-order valence-electron chi connectivity index (χ3n) is 5.56. The summed E-state index contributed by atoms with van der Waals surface area (Å²) in [4.78, 5) is 16.9. The summed E-state index contributed by atoms with van der Waals surface area (Å²) in [6.45, 7) is 3.25. The van der Waals surface area contributed by atoms with E-state index in [1.165, 1.54) is 12.4 Å². The molecule has 3 heterocycles.